The predicted molar refractivity (Wildman–Crippen MR) is 204 cm³/mol. The van der Waals surface area contributed by atoms with Crippen molar-refractivity contribution in [2.45, 2.75) is 25.2 Å². The molecule has 0 N–H and O–H groups in total. The van der Waals surface area contributed by atoms with Crippen molar-refractivity contribution in [3.8, 4) is 11.3 Å². The molecule has 5 rings (SSSR count). The number of hydrogen-bond donors (Lipinski definition) is 0. The number of benzene rings is 3. The zero-order chi connectivity index (χ0) is 37.1. The zero-order valence-electron chi connectivity index (χ0n) is 28.7. The van der Waals surface area contributed by atoms with Crippen LogP contribution in [0.1, 0.15) is 22.3 Å². The number of carbonyl (C=O) groups excluding carboxylic acids is 2. The number of aromatic nitrogens is 1. The fourth-order valence-electron chi connectivity index (χ4n) is 6.03. The van der Waals surface area contributed by atoms with Gasteiger partial charge in [-0.05, 0) is 58.7 Å². The Morgan fingerprint density at radius 1 is 0.904 bits per heavy atom. The van der Waals surface area contributed by atoms with Crippen molar-refractivity contribution in [3.05, 3.63) is 167 Å². The summed E-state index contributed by atoms with van der Waals surface area (Å²) in [4.78, 5) is 38.9. The molecule has 10 heteroatoms. The molecular formula is C42H40BrF3N4O2. The molecule has 0 aliphatic carbocycles. The Morgan fingerprint density at radius 3 is 2.21 bits per heavy atom. The molecule has 1 aliphatic rings. The average molecular weight is 770 g/mol. The van der Waals surface area contributed by atoms with Crippen LogP contribution in [0.3, 0.4) is 0 Å². The van der Waals surface area contributed by atoms with Gasteiger partial charge in [-0.25, -0.2) is 0 Å². The zero-order valence-corrected chi connectivity index (χ0v) is 30.3. The number of carbonyl (C=O) groups is 2. The maximum atomic E-state index is 14.6. The van der Waals surface area contributed by atoms with Crippen LogP contribution in [-0.2, 0) is 28.7 Å². The maximum absolute atomic E-state index is 14.6. The van der Waals surface area contributed by atoms with E-state index < -0.39 is 23.7 Å². The number of rotatable bonds is 13. The van der Waals surface area contributed by atoms with Gasteiger partial charge in [-0.3, -0.25) is 19.5 Å². The highest BCUT2D eigenvalue weighted by Gasteiger charge is 2.35. The molecule has 1 aromatic heterocycles. The van der Waals surface area contributed by atoms with E-state index in [9.17, 15) is 22.8 Å². The Labute approximate surface area is 311 Å². The molecule has 4 aromatic rings. The van der Waals surface area contributed by atoms with Crippen LogP contribution in [-0.4, -0.2) is 70.3 Å². The van der Waals surface area contributed by atoms with Crippen molar-refractivity contribution < 1.29 is 22.8 Å². The molecule has 0 unspecified atom stereocenters. The van der Waals surface area contributed by atoms with E-state index in [1.165, 1.54) is 24.3 Å². The summed E-state index contributed by atoms with van der Waals surface area (Å²) in [5, 5.41) is 0. The summed E-state index contributed by atoms with van der Waals surface area (Å²) in [6, 6.07) is 24.7. The number of amides is 2. The number of halogens is 4. The number of hydrogen-bond acceptors (Lipinski definition) is 4. The average Bonchev–Trinajstić information content (AvgIpc) is 3.16. The molecule has 1 aliphatic heterocycles. The Bertz CT molecular complexity index is 1900. The van der Waals surface area contributed by atoms with E-state index in [0.717, 1.165) is 44.6 Å². The fraction of sp³-hybridized carbons (Fsp3) is 0.214. The van der Waals surface area contributed by atoms with Crippen LogP contribution in [0.5, 0.6) is 0 Å². The van der Waals surface area contributed by atoms with Gasteiger partial charge in [0.05, 0.1) is 11.3 Å². The lowest BCUT2D eigenvalue weighted by molar-refractivity contribution is -0.145. The van der Waals surface area contributed by atoms with Crippen molar-refractivity contribution in [2.75, 3.05) is 32.7 Å². The first-order chi connectivity index (χ1) is 25.0. The summed E-state index contributed by atoms with van der Waals surface area (Å²) in [6.45, 7) is 10.7. The third-order valence-electron chi connectivity index (χ3n) is 8.92. The lowest BCUT2D eigenvalue weighted by Crippen LogP contribution is -2.56. The minimum Gasteiger partial charge on any atom is -0.338 e. The first kappa shape index (κ1) is 38.2. The van der Waals surface area contributed by atoms with E-state index in [4.69, 9.17) is 0 Å². The topological polar surface area (TPSA) is 56.8 Å². The van der Waals surface area contributed by atoms with Gasteiger partial charge in [0.15, 0.2) is 0 Å². The SMILES string of the molecule is C=C/C=C(\C=C)CN1CCN(C(=O)[C@H](Cc2ccccc2Br)N(Cc2ccc(-c3ccccn3)cc2)C(=O)/C=C/c2ccc(C(F)(F)F)cc2)CC1. The second kappa shape index (κ2) is 17.9. The summed E-state index contributed by atoms with van der Waals surface area (Å²) in [5.74, 6) is -0.620. The molecule has 0 saturated carbocycles. The molecule has 2 amide bonds. The normalized spacial score (nSPS) is 14.6. The van der Waals surface area contributed by atoms with Gasteiger partial charge in [0, 0.05) is 68.0 Å². The van der Waals surface area contributed by atoms with Crippen molar-refractivity contribution in [3.63, 3.8) is 0 Å². The summed E-state index contributed by atoms with van der Waals surface area (Å²) >= 11 is 3.63. The molecule has 6 nitrogen and oxygen atoms in total. The molecule has 1 fully saturated rings. The summed E-state index contributed by atoms with van der Waals surface area (Å²) in [6.07, 6.45) is 5.75. The first-order valence-electron chi connectivity index (χ1n) is 16.9. The third-order valence-corrected chi connectivity index (χ3v) is 9.70. The number of nitrogens with zero attached hydrogens (tertiary/aromatic N) is 4. The molecule has 2 heterocycles. The van der Waals surface area contributed by atoms with Crippen molar-refractivity contribution in [2.24, 2.45) is 0 Å². The maximum Gasteiger partial charge on any atom is 0.416 e. The molecule has 52 heavy (non-hydrogen) atoms. The summed E-state index contributed by atoms with van der Waals surface area (Å²) < 4.78 is 40.4. The first-order valence-corrected chi connectivity index (χ1v) is 17.7. The Kier molecular flexibility index (Phi) is 13.2. The number of allylic oxidation sites excluding steroid dienone is 2. The van der Waals surface area contributed by atoms with Crippen molar-refractivity contribution in [1.29, 1.82) is 0 Å². The van der Waals surface area contributed by atoms with Gasteiger partial charge >= 0.3 is 6.18 Å². The second-order valence-corrected chi connectivity index (χ2v) is 13.3. The van der Waals surface area contributed by atoms with Gasteiger partial charge in [-0.2, -0.15) is 13.2 Å². The number of piperazine rings is 1. The van der Waals surface area contributed by atoms with Gasteiger partial charge in [-0.15, -0.1) is 0 Å². The summed E-state index contributed by atoms with van der Waals surface area (Å²) in [7, 11) is 0. The lowest BCUT2D eigenvalue weighted by Gasteiger charge is -2.39. The minimum atomic E-state index is -4.47. The predicted octanol–water partition coefficient (Wildman–Crippen LogP) is 8.63. The van der Waals surface area contributed by atoms with E-state index in [1.807, 2.05) is 77.7 Å². The summed E-state index contributed by atoms with van der Waals surface area (Å²) in [5.41, 5.74) is 4.07. The van der Waals surface area contributed by atoms with E-state index in [-0.39, 0.29) is 18.9 Å². The van der Waals surface area contributed by atoms with Crippen LogP contribution in [0, 0.1) is 0 Å². The van der Waals surface area contributed by atoms with Crippen LogP contribution in [0.15, 0.2) is 145 Å². The number of pyridine rings is 1. The van der Waals surface area contributed by atoms with Crippen LogP contribution in [0.25, 0.3) is 17.3 Å². The minimum absolute atomic E-state index is 0.120. The van der Waals surface area contributed by atoms with Crippen LogP contribution in [0.2, 0.25) is 0 Å². The van der Waals surface area contributed by atoms with Crippen molar-refractivity contribution in [1.82, 2.24) is 19.7 Å². The Hall–Kier alpha value is -5.06. The molecule has 0 spiro atoms. The van der Waals surface area contributed by atoms with Crippen LogP contribution in [0.4, 0.5) is 13.2 Å². The molecule has 3 aromatic carbocycles. The standard InChI is InChI=1S/C42H40BrF3N4O2/c1-3-9-31(4-2)29-48-24-26-49(27-25-48)41(52)39(28-35-10-5-6-11-37(35)43)50(30-33-13-18-34(19-14-33)38-12-7-8-23-47-38)40(51)22-17-32-15-20-36(21-16-32)42(44,45)46/h3-23,39H,1-2,24-30H2/b22-17+,31-9+/t39-/m0/s1. The number of alkyl halides is 3. The van der Waals surface area contributed by atoms with Gasteiger partial charge < -0.3 is 9.80 Å². The molecule has 1 saturated heterocycles. The van der Waals surface area contributed by atoms with Crippen LogP contribution >= 0.6 is 15.9 Å². The van der Waals surface area contributed by atoms with Gasteiger partial charge in [-0.1, -0.05) is 108 Å². The van der Waals surface area contributed by atoms with Crippen LogP contribution < -0.4 is 0 Å². The molecular weight excluding hydrogens is 729 g/mol. The highest BCUT2D eigenvalue weighted by molar-refractivity contribution is 9.10. The second-order valence-electron chi connectivity index (χ2n) is 12.4. The fourth-order valence-corrected chi connectivity index (χ4v) is 6.48. The van der Waals surface area contributed by atoms with E-state index >= 15 is 0 Å². The Balaban J connectivity index is 1.46. The molecule has 0 radical (unpaired) electrons. The largest absolute Gasteiger partial charge is 0.416 e. The third kappa shape index (κ3) is 10.3. The molecule has 1 atom stereocenters. The van der Waals surface area contributed by atoms with Crippen molar-refractivity contribution >= 4 is 33.8 Å². The van der Waals surface area contributed by atoms with Gasteiger partial charge in [0.25, 0.3) is 0 Å². The quantitative estimate of drug-likeness (QED) is 0.101. The smallest absolute Gasteiger partial charge is 0.338 e. The monoisotopic (exact) mass is 768 g/mol. The van der Waals surface area contributed by atoms with E-state index in [1.54, 1.807) is 23.2 Å². The van der Waals surface area contributed by atoms with E-state index in [0.29, 0.717) is 38.3 Å². The Morgan fingerprint density at radius 2 is 1.60 bits per heavy atom. The highest BCUT2D eigenvalue weighted by Crippen LogP contribution is 2.29. The molecule has 0 bridgehead atoms. The lowest BCUT2D eigenvalue weighted by atomic mass is 10.0. The van der Waals surface area contributed by atoms with Gasteiger partial charge in [0.1, 0.15) is 6.04 Å². The highest BCUT2D eigenvalue weighted by atomic mass is 79.9. The van der Waals surface area contributed by atoms with Gasteiger partial charge in [0.2, 0.25) is 11.8 Å². The molecule has 268 valence electrons. The van der Waals surface area contributed by atoms with E-state index in [2.05, 4.69) is 39.0 Å².